The number of benzene rings is 1. The standard InChI is InChI=1S/C19H20ClN3O2/c1-13(24)21-12-14-6-4-9-17(22-14)18-10-5-11-23(18)19(25)15-7-2-3-8-16(15)20/h2-4,6-9,18H,5,10-12H2,1H3,(H,21,24). The van der Waals surface area contributed by atoms with Crippen LogP contribution in [-0.4, -0.2) is 28.2 Å². The van der Waals surface area contributed by atoms with E-state index in [1.165, 1.54) is 6.92 Å². The zero-order valence-electron chi connectivity index (χ0n) is 14.0. The van der Waals surface area contributed by atoms with Gasteiger partial charge in [-0.3, -0.25) is 14.6 Å². The van der Waals surface area contributed by atoms with Crippen molar-refractivity contribution in [1.82, 2.24) is 15.2 Å². The van der Waals surface area contributed by atoms with Crippen molar-refractivity contribution >= 4 is 23.4 Å². The van der Waals surface area contributed by atoms with E-state index in [-0.39, 0.29) is 17.9 Å². The number of nitrogens with zero attached hydrogens (tertiary/aromatic N) is 2. The number of hydrogen-bond donors (Lipinski definition) is 1. The first-order valence-corrected chi connectivity index (χ1v) is 8.70. The van der Waals surface area contributed by atoms with Crippen LogP contribution in [0.3, 0.4) is 0 Å². The molecule has 0 radical (unpaired) electrons. The minimum Gasteiger partial charge on any atom is -0.351 e. The molecule has 1 N–H and O–H groups in total. The molecular formula is C19H20ClN3O2. The van der Waals surface area contributed by atoms with Gasteiger partial charge < -0.3 is 10.2 Å². The highest BCUT2D eigenvalue weighted by atomic mass is 35.5. The number of likely N-dealkylation sites (tertiary alicyclic amines) is 1. The van der Waals surface area contributed by atoms with Crippen molar-refractivity contribution in [2.75, 3.05) is 6.54 Å². The fourth-order valence-corrected chi connectivity index (χ4v) is 3.32. The minimum absolute atomic E-state index is 0.0674. The summed E-state index contributed by atoms with van der Waals surface area (Å²) in [6.45, 7) is 2.55. The van der Waals surface area contributed by atoms with Crippen molar-refractivity contribution in [3.63, 3.8) is 0 Å². The van der Waals surface area contributed by atoms with Gasteiger partial charge in [0.15, 0.2) is 0 Å². The summed E-state index contributed by atoms with van der Waals surface area (Å²) in [6, 6.07) is 12.8. The first-order valence-electron chi connectivity index (χ1n) is 8.32. The first kappa shape index (κ1) is 17.4. The van der Waals surface area contributed by atoms with Crippen LogP contribution < -0.4 is 5.32 Å². The summed E-state index contributed by atoms with van der Waals surface area (Å²) in [5.41, 5.74) is 2.15. The fraction of sp³-hybridized carbons (Fsp3) is 0.316. The van der Waals surface area contributed by atoms with Gasteiger partial charge in [0.05, 0.1) is 34.6 Å². The second-order valence-corrected chi connectivity index (χ2v) is 6.51. The maximum atomic E-state index is 12.9. The van der Waals surface area contributed by atoms with Gasteiger partial charge >= 0.3 is 0 Å². The van der Waals surface area contributed by atoms with E-state index < -0.39 is 0 Å². The highest BCUT2D eigenvalue weighted by Crippen LogP contribution is 2.33. The Kier molecular flexibility index (Phi) is 5.34. The number of rotatable bonds is 4. The highest BCUT2D eigenvalue weighted by molar-refractivity contribution is 6.33. The van der Waals surface area contributed by atoms with Crippen LogP contribution in [0.1, 0.15) is 47.6 Å². The molecule has 1 aromatic heterocycles. The van der Waals surface area contributed by atoms with Gasteiger partial charge in [0.1, 0.15) is 0 Å². The SMILES string of the molecule is CC(=O)NCc1cccc(C2CCCN2C(=O)c2ccccc2Cl)n1. The lowest BCUT2D eigenvalue weighted by atomic mass is 10.1. The molecule has 2 heterocycles. The summed E-state index contributed by atoms with van der Waals surface area (Å²) in [7, 11) is 0. The van der Waals surface area contributed by atoms with Gasteiger partial charge in [0.25, 0.3) is 5.91 Å². The molecule has 2 aromatic rings. The van der Waals surface area contributed by atoms with Crippen LogP contribution in [0.25, 0.3) is 0 Å². The molecule has 25 heavy (non-hydrogen) atoms. The third-order valence-corrected chi connectivity index (χ3v) is 4.64. The quantitative estimate of drug-likeness (QED) is 0.912. The monoisotopic (exact) mass is 357 g/mol. The number of carbonyl (C=O) groups excluding carboxylic acids is 2. The molecule has 6 heteroatoms. The second kappa shape index (κ2) is 7.66. The first-order chi connectivity index (χ1) is 12.1. The molecule has 0 saturated carbocycles. The second-order valence-electron chi connectivity index (χ2n) is 6.10. The maximum absolute atomic E-state index is 12.9. The smallest absolute Gasteiger partial charge is 0.255 e. The lowest BCUT2D eigenvalue weighted by Crippen LogP contribution is -2.31. The van der Waals surface area contributed by atoms with Crippen molar-refractivity contribution < 1.29 is 9.59 Å². The lowest BCUT2D eigenvalue weighted by molar-refractivity contribution is -0.119. The van der Waals surface area contributed by atoms with E-state index in [1.54, 1.807) is 12.1 Å². The molecule has 3 rings (SSSR count). The Balaban J connectivity index is 1.82. The topological polar surface area (TPSA) is 62.3 Å². The minimum atomic E-state index is -0.0939. The average Bonchev–Trinajstić information content (AvgIpc) is 3.10. The molecule has 2 amide bonds. The number of aromatic nitrogens is 1. The van der Waals surface area contributed by atoms with Crippen LogP contribution in [0, 0.1) is 0 Å². The summed E-state index contributed by atoms with van der Waals surface area (Å²) in [4.78, 5) is 30.5. The van der Waals surface area contributed by atoms with Crippen molar-refractivity contribution in [3.8, 4) is 0 Å². The van der Waals surface area contributed by atoms with E-state index in [0.29, 0.717) is 23.7 Å². The number of carbonyl (C=O) groups is 2. The molecule has 0 bridgehead atoms. The van der Waals surface area contributed by atoms with Gasteiger partial charge in [0.2, 0.25) is 5.91 Å². The van der Waals surface area contributed by atoms with Crippen LogP contribution in [0.5, 0.6) is 0 Å². The molecule has 1 aliphatic rings. The van der Waals surface area contributed by atoms with Gasteiger partial charge in [-0.2, -0.15) is 0 Å². The lowest BCUT2D eigenvalue weighted by Gasteiger charge is -2.25. The summed E-state index contributed by atoms with van der Waals surface area (Å²) in [6.07, 6.45) is 1.80. The molecule has 0 spiro atoms. The zero-order chi connectivity index (χ0) is 17.8. The third kappa shape index (κ3) is 3.99. The van der Waals surface area contributed by atoms with Gasteiger partial charge in [0, 0.05) is 13.5 Å². The fourth-order valence-electron chi connectivity index (χ4n) is 3.10. The van der Waals surface area contributed by atoms with Crippen LogP contribution >= 0.6 is 11.6 Å². The molecule has 1 atom stereocenters. The third-order valence-electron chi connectivity index (χ3n) is 4.31. The van der Waals surface area contributed by atoms with Crippen molar-refractivity contribution in [2.24, 2.45) is 0 Å². The van der Waals surface area contributed by atoms with E-state index in [2.05, 4.69) is 10.3 Å². The van der Waals surface area contributed by atoms with Crippen LogP contribution in [0.15, 0.2) is 42.5 Å². The molecular weight excluding hydrogens is 338 g/mol. The predicted octanol–water partition coefficient (Wildman–Crippen LogP) is 3.35. The average molecular weight is 358 g/mol. The summed E-state index contributed by atoms with van der Waals surface area (Å²) in [5, 5.41) is 3.21. The van der Waals surface area contributed by atoms with E-state index in [0.717, 1.165) is 24.2 Å². The van der Waals surface area contributed by atoms with Crippen LogP contribution in [-0.2, 0) is 11.3 Å². The highest BCUT2D eigenvalue weighted by Gasteiger charge is 2.32. The molecule has 0 aliphatic carbocycles. The maximum Gasteiger partial charge on any atom is 0.255 e. The summed E-state index contributed by atoms with van der Waals surface area (Å²) >= 11 is 6.18. The predicted molar refractivity (Wildman–Crippen MR) is 96.2 cm³/mol. The summed E-state index contributed by atoms with van der Waals surface area (Å²) in [5.74, 6) is -0.161. The Bertz CT molecular complexity index is 794. The van der Waals surface area contributed by atoms with Gasteiger partial charge in [-0.15, -0.1) is 0 Å². The number of nitrogens with one attached hydrogen (secondary N) is 1. The molecule has 1 aliphatic heterocycles. The number of amides is 2. The Morgan fingerprint density at radius 3 is 2.80 bits per heavy atom. The number of pyridine rings is 1. The van der Waals surface area contributed by atoms with E-state index in [9.17, 15) is 9.59 Å². The largest absolute Gasteiger partial charge is 0.351 e. The van der Waals surface area contributed by atoms with Crippen molar-refractivity contribution in [3.05, 3.63) is 64.4 Å². The molecule has 130 valence electrons. The number of halogens is 1. The molecule has 5 nitrogen and oxygen atoms in total. The normalized spacial score (nSPS) is 16.7. The Morgan fingerprint density at radius 2 is 2.04 bits per heavy atom. The van der Waals surface area contributed by atoms with E-state index >= 15 is 0 Å². The molecule has 1 aromatic carbocycles. The molecule has 1 unspecified atom stereocenters. The summed E-state index contributed by atoms with van der Waals surface area (Å²) < 4.78 is 0. The number of hydrogen-bond acceptors (Lipinski definition) is 3. The van der Waals surface area contributed by atoms with Gasteiger partial charge in [-0.25, -0.2) is 0 Å². The Morgan fingerprint density at radius 1 is 1.24 bits per heavy atom. The van der Waals surface area contributed by atoms with E-state index in [1.807, 2.05) is 35.2 Å². The Labute approximate surface area is 152 Å². The van der Waals surface area contributed by atoms with E-state index in [4.69, 9.17) is 11.6 Å². The Hall–Kier alpha value is -2.40. The molecule has 1 saturated heterocycles. The van der Waals surface area contributed by atoms with Crippen molar-refractivity contribution in [1.29, 1.82) is 0 Å². The van der Waals surface area contributed by atoms with Gasteiger partial charge in [-0.05, 0) is 37.1 Å². The van der Waals surface area contributed by atoms with Crippen LogP contribution in [0.2, 0.25) is 5.02 Å². The zero-order valence-corrected chi connectivity index (χ0v) is 14.8. The van der Waals surface area contributed by atoms with Crippen molar-refractivity contribution in [2.45, 2.75) is 32.4 Å². The van der Waals surface area contributed by atoms with Gasteiger partial charge in [-0.1, -0.05) is 29.8 Å². The molecule has 1 fully saturated rings. The van der Waals surface area contributed by atoms with Crippen LogP contribution in [0.4, 0.5) is 0 Å².